The SMILES string of the molecule is CN=C(NCCC1=CCCCC1)NCc1ccc(C)s1.I. The summed E-state index contributed by atoms with van der Waals surface area (Å²) >= 11 is 1.83. The van der Waals surface area contributed by atoms with Crippen molar-refractivity contribution in [1.29, 1.82) is 0 Å². The number of nitrogens with zero attached hydrogens (tertiary/aromatic N) is 1. The summed E-state index contributed by atoms with van der Waals surface area (Å²) in [7, 11) is 1.83. The second-order valence-corrected chi connectivity index (χ2v) is 6.60. The first-order chi connectivity index (χ1) is 9.78. The van der Waals surface area contributed by atoms with Crippen LogP contribution < -0.4 is 10.6 Å². The van der Waals surface area contributed by atoms with Gasteiger partial charge >= 0.3 is 0 Å². The van der Waals surface area contributed by atoms with Gasteiger partial charge in [0, 0.05) is 23.3 Å². The number of aliphatic imine (C=N–C) groups is 1. The molecule has 0 radical (unpaired) electrons. The number of thiophene rings is 1. The number of guanidine groups is 1. The van der Waals surface area contributed by atoms with Gasteiger partial charge in [0.25, 0.3) is 0 Å². The van der Waals surface area contributed by atoms with Gasteiger partial charge in [-0.3, -0.25) is 4.99 Å². The van der Waals surface area contributed by atoms with Gasteiger partial charge in [0.15, 0.2) is 5.96 Å². The molecule has 21 heavy (non-hydrogen) atoms. The zero-order valence-corrected chi connectivity index (χ0v) is 16.1. The van der Waals surface area contributed by atoms with Crippen LogP contribution in [0.5, 0.6) is 0 Å². The van der Waals surface area contributed by atoms with E-state index in [0.29, 0.717) is 0 Å². The van der Waals surface area contributed by atoms with Gasteiger partial charge in [-0.1, -0.05) is 11.6 Å². The van der Waals surface area contributed by atoms with Crippen LogP contribution in [-0.4, -0.2) is 19.6 Å². The molecule has 0 saturated carbocycles. The fraction of sp³-hybridized carbons (Fsp3) is 0.562. The maximum absolute atomic E-state index is 4.27. The van der Waals surface area contributed by atoms with Gasteiger partial charge in [-0.25, -0.2) is 0 Å². The quantitative estimate of drug-likeness (QED) is 0.324. The van der Waals surface area contributed by atoms with E-state index in [4.69, 9.17) is 0 Å². The summed E-state index contributed by atoms with van der Waals surface area (Å²) in [6, 6.07) is 4.33. The number of hydrogen-bond acceptors (Lipinski definition) is 2. The predicted molar refractivity (Wildman–Crippen MR) is 104 cm³/mol. The Balaban J connectivity index is 0.00000220. The van der Waals surface area contributed by atoms with Crippen LogP contribution in [0.15, 0.2) is 28.8 Å². The number of rotatable bonds is 5. The van der Waals surface area contributed by atoms with E-state index in [1.807, 2.05) is 18.4 Å². The van der Waals surface area contributed by atoms with Crippen molar-refractivity contribution in [3.05, 3.63) is 33.5 Å². The van der Waals surface area contributed by atoms with Gasteiger partial charge in [0.05, 0.1) is 6.54 Å². The highest BCUT2D eigenvalue weighted by atomic mass is 127. The molecule has 1 heterocycles. The van der Waals surface area contributed by atoms with Crippen LogP contribution in [0.1, 0.15) is 41.9 Å². The first-order valence-corrected chi connectivity index (χ1v) is 8.27. The Labute approximate surface area is 149 Å². The van der Waals surface area contributed by atoms with E-state index in [1.54, 1.807) is 5.57 Å². The molecule has 0 unspecified atom stereocenters. The van der Waals surface area contributed by atoms with Crippen molar-refractivity contribution in [2.24, 2.45) is 4.99 Å². The summed E-state index contributed by atoms with van der Waals surface area (Å²) < 4.78 is 0. The topological polar surface area (TPSA) is 36.4 Å². The third-order valence-corrected chi connectivity index (χ3v) is 4.57. The Hall–Kier alpha value is -0.560. The van der Waals surface area contributed by atoms with Crippen LogP contribution in [0.25, 0.3) is 0 Å². The lowest BCUT2D eigenvalue weighted by molar-refractivity contribution is 0.665. The summed E-state index contributed by atoms with van der Waals surface area (Å²) in [6.45, 7) is 3.95. The standard InChI is InChI=1S/C16H25N3S.HI/c1-13-8-9-15(20-13)12-19-16(17-2)18-11-10-14-6-4-3-5-7-14;/h6,8-9H,3-5,7,10-12H2,1-2H3,(H2,17,18,19);1H. The molecule has 2 N–H and O–H groups in total. The van der Waals surface area contributed by atoms with E-state index in [9.17, 15) is 0 Å². The molecule has 1 aromatic heterocycles. The molecule has 0 spiro atoms. The van der Waals surface area contributed by atoms with Gasteiger partial charge in [0.2, 0.25) is 0 Å². The lowest BCUT2D eigenvalue weighted by Gasteiger charge is -2.15. The van der Waals surface area contributed by atoms with Crippen LogP contribution in [0.3, 0.4) is 0 Å². The van der Waals surface area contributed by atoms with E-state index in [1.165, 1.54) is 35.4 Å². The lowest BCUT2D eigenvalue weighted by Crippen LogP contribution is -2.37. The van der Waals surface area contributed by atoms with Crippen molar-refractivity contribution in [3.63, 3.8) is 0 Å². The number of allylic oxidation sites excluding steroid dienone is 1. The molecule has 0 bridgehead atoms. The Morgan fingerprint density at radius 3 is 2.76 bits per heavy atom. The van der Waals surface area contributed by atoms with Gasteiger partial charge in [-0.05, 0) is 51.2 Å². The number of hydrogen-bond donors (Lipinski definition) is 2. The highest BCUT2D eigenvalue weighted by Crippen LogP contribution is 2.19. The Morgan fingerprint density at radius 1 is 1.29 bits per heavy atom. The Bertz CT molecular complexity index is 480. The smallest absolute Gasteiger partial charge is 0.191 e. The summed E-state index contributed by atoms with van der Waals surface area (Å²) in [5.41, 5.74) is 1.60. The van der Waals surface area contributed by atoms with E-state index < -0.39 is 0 Å². The van der Waals surface area contributed by atoms with Gasteiger partial charge < -0.3 is 10.6 Å². The van der Waals surface area contributed by atoms with E-state index >= 15 is 0 Å². The Kier molecular flexibility index (Phi) is 8.99. The summed E-state index contributed by atoms with van der Waals surface area (Å²) in [5, 5.41) is 6.76. The zero-order chi connectivity index (χ0) is 14.2. The van der Waals surface area contributed by atoms with Crippen LogP contribution in [0, 0.1) is 6.92 Å². The average molecular weight is 419 g/mol. The third kappa shape index (κ3) is 6.82. The molecule has 0 saturated heterocycles. The minimum atomic E-state index is 0. The largest absolute Gasteiger partial charge is 0.356 e. The molecule has 2 rings (SSSR count). The first kappa shape index (κ1) is 18.5. The van der Waals surface area contributed by atoms with Crippen molar-refractivity contribution in [2.45, 2.75) is 45.6 Å². The average Bonchev–Trinajstić information content (AvgIpc) is 2.89. The molecule has 0 fully saturated rings. The highest BCUT2D eigenvalue weighted by molar-refractivity contribution is 14.0. The van der Waals surface area contributed by atoms with Gasteiger partial charge in [0.1, 0.15) is 0 Å². The van der Waals surface area contributed by atoms with Crippen LogP contribution in [-0.2, 0) is 6.54 Å². The fourth-order valence-corrected chi connectivity index (χ4v) is 3.27. The lowest BCUT2D eigenvalue weighted by atomic mass is 9.97. The summed E-state index contributed by atoms with van der Waals surface area (Å²) in [4.78, 5) is 6.98. The van der Waals surface area contributed by atoms with E-state index in [2.05, 4.69) is 40.8 Å². The maximum Gasteiger partial charge on any atom is 0.191 e. The molecular formula is C16H26IN3S. The highest BCUT2D eigenvalue weighted by Gasteiger charge is 2.04. The summed E-state index contributed by atoms with van der Waals surface area (Å²) in [5.74, 6) is 0.896. The summed E-state index contributed by atoms with van der Waals surface area (Å²) in [6.07, 6.45) is 8.81. The molecule has 1 aliphatic carbocycles. The minimum absolute atomic E-state index is 0. The van der Waals surface area contributed by atoms with Crippen molar-refractivity contribution in [3.8, 4) is 0 Å². The van der Waals surface area contributed by atoms with Crippen molar-refractivity contribution >= 4 is 41.3 Å². The minimum Gasteiger partial charge on any atom is -0.356 e. The normalized spacial score (nSPS) is 15.1. The first-order valence-electron chi connectivity index (χ1n) is 7.45. The monoisotopic (exact) mass is 419 g/mol. The van der Waals surface area contributed by atoms with Crippen molar-refractivity contribution < 1.29 is 0 Å². The maximum atomic E-state index is 4.27. The van der Waals surface area contributed by atoms with Gasteiger partial charge in [-0.15, -0.1) is 35.3 Å². The van der Waals surface area contributed by atoms with Gasteiger partial charge in [-0.2, -0.15) is 0 Å². The third-order valence-electron chi connectivity index (χ3n) is 3.57. The molecule has 5 heteroatoms. The van der Waals surface area contributed by atoms with Crippen LogP contribution in [0.2, 0.25) is 0 Å². The molecule has 1 aromatic rings. The number of aryl methyl sites for hydroxylation is 1. The van der Waals surface area contributed by atoms with Crippen LogP contribution >= 0.6 is 35.3 Å². The molecule has 1 aliphatic rings. The molecule has 0 amide bonds. The van der Waals surface area contributed by atoms with Crippen LogP contribution in [0.4, 0.5) is 0 Å². The molecular weight excluding hydrogens is 393 g/mol. The zero-order valence-electron chi connectivity index (χ0n) is 12.9. The number of nitrogens with one attached hydrogen (secondary N) is 2. The molecule has 0 aliphatic heterocycles. The second-order valence-electron chi connectivity index (χ2n) is 5.22. The van der Waals surface area contributed by atoms with E-state index in [0.717, 1.165) is 25.5 Å². The molecule has 3 nitrogen and oxygen atoms in total. The molecule has 118 valence electrons. The predicted octanol–water partition coefficient (Wildman–Crippen LogP) is 4.23. The van der Waals surface area contributed by atoms with Crippen molar-refractivity contribution in [1.82, 2.24) is 10.6 Å². The van der Waals surface area contributed by atoms with Crippen molar-refractivity contribution in [2.75, 3.05) is 13.6 Å². The number of halogens is 1. The molecule has 0 aromatic carbocycles. The second kappa shape index (κ2) is 10.2. The van der Waals surface area contributed by atoms with E-state index in [-0.39, 0.29) is 24.0 Å². The fourth-order valence-electron chi connectivity index (χ4n) is 2.44. The Morgan fingerprint density at radius 2 is 2.14 bits per heavy atom. The molecule has 0 atom stereocenters.